The summed E-state index contributed by atoms with van der Waals surface area (Å²) < 4.78 is 5.50. The summed E-state index contributed by atoms with van der Waals surface area (Å²) in [6.07, 6.45) is 10.5. The van der Waals surface area contributed by atoms with Gasteiger partial charge in [0.25, 0.3) is 0 Å². The molecule has 0 aromatic heterocycles. The Bertz CT molecular complexity index is 404. The van der Waals surface area contributed by atoms with Crippen LogP contribution in [-0.4, -0.2) is 41.6 Å². The first-order chi connectivity index (χ1) is 11.8. The van der Waals surface area contributed by atoms with Gasteiger partial charge in [-0.3, -0.25) is 9.69 Å². The molecule has 1 N–H and O–H groups in total. The maximum Gasteiger partial charge on any atom is 0.410 e. The molecule has 0 radical (unpaired) electrons. The van der Waals surface area contributed by atoms with Gasteiger partial charge in [0, 0.05) is 13.1 Å². The number of carbonyl (C=O) groups is 2. The molecule has 25 heavy (non-hydrogen) atoms. The highest BCUT2D eigenvalue weighted by Gasteiger charge is 2.33. The quantitative estimate of drug-likeness (QED) is 0.646. The minimum atomic E-state index is -0.539. The molecule has 0 saturated carbocycles. The number of hydrogen-bond donors (Lipinski definition) is 1. The predicted octanol–water partition coefficient (Wildman–Crippen LogP) is 4.64. The number of ether oxygens (including phenoxy) is 1. The van der Waals surface area contributed by atoms with Crippen molar-refractivity contribution in [2.45, 2.75) is 104 Å². The Morgan fingerprint density at radius 3 is 2.40 bits per heavy atom. The first kappa shape index (κ1) is 21.8. The van der Waals surface area contributed by atoms with E-state index in [2.05, 4.69) is 12.2 Å². The van der Waals surface area contributed by atoms with E-state index >= 15 is 0 Å². The van der Waals surface area contributed by atoms with E-state index in [-0.39, 0.29) is 12.0 Å². The molecule has 146 valence electrons. The van der Waals surface area contributed by atoms with Gasteiger partial charge in [0.05, 0.1) is 0 Å². The van der Waals surface area contributed by atoms with Crippen LogP contribution in [0.25, 0.3) is 0 Å². The number of likely N-dealkylation sites (tertiary alicyclic amines) is 1. The summed E-state index contributed by atoms with van der Waals surface area (Å²) >= 11 is 0. The molecule has 0 spiro atoms. The SMILES string of the molecule is CCCCCCCCNC(=O)C1CCCCCN1C(=O)OC(C)(C)C. The van der Waals surface area contributed by atoms with Crippen LogP contribution in [0.4, 0.5) is 4.79 Å². The first-order valence-electron chi connectivity index (χ1n) is 10.1. The van der Waals surface area contributed by atoms with E-state index in [1.165, 1.54) is 25.7 Å². The van der Waals surface area contributed by atoms with E-state index in [1.54, 1.807) is 4.90 Å². The fourth-order valence-corrected chi connectivity index (χ4v) is 3.15. The Hall–Kier alpha value is -1.26. The molecular weight excluding hydrogens is 316 g/mol. The zero-order valence-electron chi connectivity index (χ0n) is 16.7. The monoisotopic (exact) mass is 354 g/mol. The minimum absolute atomic E-state index is 0.0266. The van der Waals surface area contributed by atoms with Crippen LogP contribution in [0.15, 0.2) is 0 Å². The summed E-state index contributed by atoms with van der Waals surface area (Å²) in [6.45, 7) is 9.08. The molecule has 1 fully saturated rings. The highest BCUT2D eigenvalue weighted by atomic mass is 16.6. The van der Waals surface area contributed by atoms with Gasteiger partial charge in [0.1, 0.15) is 11.6 Å². The first-order valence-corrected chi connectivity index (χ1v) is 10.1. The van der Waals surface area contributed by atoms with E-state index in [1.807, 2.05) is 20.8 Å². The molecular formula is C20H38N2O3. The number of rotatable bonds is 8. The zero-order valence-corrected chi connectivity index (χ0v) is 16.7. The summed E-state index contributed by atoms with van der Waals surface area (Å²) in [7, 11) is 0. The summed E-state index contributed by atoms with van der Waals surface area (Å²) in [6, 6.07) is -0.391. The third kappa shape index (κ3) is 9.13. The van der Waals surface area contributed by atoms with Gasteiger partial charge in [0.2, 0.25) is 5.91 Å². The molecule has 1 rings (SSSR count). The average Bonchev–Trinajstić information content (AvgIpc) is 2.78. The van der Waals surface area contributed by atoms with Crippen LogP contribution in [0.3, 0.4) is 0 Å². The van der Waals surface area contributed by atoms with E-state index in [4.69, 9.17) is 4.74 Å². The number of amides is 2. The lowest BCUT2D eigenvalue weighted by Gasteiger charge is -2.31. The fourth-order valence-electron chi connectivity index (χ4n) is 3.15. The smallest absolute Gasteiger partial charge is 0.410 e. The highest BCUT2D eigenvalue weighted by molar-refractivity contribution is 5.85. The molecule has 0 aromatic rings. The van der Waals surface area contributed by atoms with E-state index < -0.39 is 11.6 Å². The second-order valence-electron chi connectivity index (χ2n) is 8.10. The Morgan fingerprint density at radius 1 is 1.04 bits per heavy atom. The second-order valence-corrected chi connectivity index (χ2v) is 8.10. The van der Waals surface area contributed by atoms with E-state index in [0.29, 0.717) is 13.1 Å². The van der Waals surface area contributed by atoms with Crippen LogP contribution in [0.2, 0.25) is 0 Å². The van der Waals surface area contributed by atoms with Crippen LogP contribution < -0.4 is 5.32 Å². The lowest BCUT2D eigenvalue weighted by Crippen LogP contribution is -2.50. The standard InChI is InChI=1S/C20H38N2O3/c1-5-6-7-8-9-12-15-21-18(23)17-14-11-10-13-16-22(17)19(24)25-20(2,3)4/h17H,5-16H2,1-4H3,(H,21,23). The molecule has 2 amide bonds. The van der Waals surface area contributed by atoms with E-state index in [9.17, 15) is 9.59 Å². The van der Waals surface area contributed by atoms with Crippen molar-refractivity contribution >= 4 is 12.0 Å². The van der Waals surface area contributed by atoms with Gasteiger partial charge in [-0.15, -0.1) is 0 Å². The third-order valence-electron chi connectivity index (χ3n) is 4.51. The third-order valence-corrected chi connectivity index (χ3v) is 4.51. The lowest BCUT2D eigenvalue weighted by atomic mass is 10.1. The highest BCUT2D eigenvalue weighted by Crippen LogP contribution is 2.20. The van der Waals surface area contributed by atoms with E-state index in [0.717, 1.165) is 38.5 Å². The predicted molar refractivity (Wildman–Crippen MR) is 102 cm³/mol. The maximum absolute atomic E-state index is 12.6. The minimum Gasteiger partial charge on any atom is -0.444 e. The molecule has 1 aliphatic rings. The van der Waals surface area contributed by atoms with Gasteiger partial charge in [-0.05, 0) is 40.0 Å². The van der Waals surface area contributed by atoms with Crippen molar-refractivity contribution in [2.75, 3.05) is 13.1 Å². The molecule has 5 nitrogen and oxygen atoms in total. The van der Waals surface area contributed by atoms with Crippen LogP contribution >= 0.6 is 0 Å². The van der Waals surface area contributed by atoms with Gasteiger partial charge < -0.3 is 10.1 Å². The van der Waals surface area contributed by atoms with Gasteiger partial charge in [-0.1, -0.05) is 51.9 Å². The van der Waals surface area contributed by atoms with Crippen molar-refractivity contribution in [3.8, 4) is 0 Å². The van der Waals surface area contributed by atoms with Crippen LogP contribution in [0.1, 0.15) is 91.9 Å². The normalized spacial score (nSPS) is 18.6. The van der Waals surface area contributed by atoms with Crippen LogP contribution in [-0.2, 0) is 9.53 Å². The zero-order chi connectivity index (χ0) is 18.7. The molecule has 1 atom stereocenters. The number of nitrogens with zero attached hydrogens (tertiary/aromatic N) is 1. The Morgan fingerprint density at radius 2 is 1.72 bits per heavy atom. The van der Waals surface area contributed by atoms with Crippen molar-refractivity contribution in [1.82, 2.24) is 10.2 Å². The van der Waals surface area contributed by atoms with Crippen molar-refractivity contribution in [2.24, 2.45) is 0 Å². The van der Waals surface area contributed by atoms with Gasteiger partial charge in [-0.25, -0.2) is 4.79 Å². The van der Waals surface area contributed by atoms with Gasteiger partial charge in [0.15, 0.2) is 0 Å². The summed E-state index contributed by atoms with van der Waals surface area (Å²) in [5.41, 5.74) is -0.539. The van der Waals surface area contributed by atoms with Gasteiger partial charge >= 0.3 is 6.09 Å². The lowest BCUT2D eigenvalue weighted by molar-refractivity contribution is -0.126. The number of hydrogen-bond acceptors (Lipinski definition) is 3. The van der Waals surface area contributed by atoms with Crippen LogP contribution in [0.5, 0.6) is 0 Å². The van der Waals surface area contributed by atoms with Crippen molar-refractivity contribution in [3.63, 3.8) is 0 Å². The number of carbonyl (C=O) groups excluding carboxylic acids is 2. The summed E-state index contributed by atoms with van der Waals surface area (Å²) in [5.74, 6) is -0.0266. The summed E-state index contributed by atoms with van der Waals surface area (Å²) in [4.78, 5) is 26.7. The number of unbranched alkanes of at least 4 members (excludes halogenated alkanes) is 5. The van der Waals surface area contributed by atoms with Crippen molar-refractivity contribution < 1.29 is 14.3 Å². The van der Waals surface area contributed by atoms with Crippen LogP contribution in [0, 0.1) is 0 Å². The second kappa shape index (κ2) is 11.4. The Kier molecular flexibility index (Phi) is 9.91. The Balaban J connectivity index is 2.46. The molecule has 0 aliphatic carbocycles. The van der Waals surface area contributed by atoms with Crippen molar-refractivity contribution in [3.05, 3.63) is 0 Å². The fraction of sp³-hybridized carbons (Fsp3) is 0.900. The molecule has 0 bridgehead atoms. The molecule has 1 saturated heterocycles. The average molecular weight is 355 g/mol. The van der Waals surface area contributed by atoms with Gasteiger partial charge in [-0.2, -0.15) is 0 Å². The topological polar surface area (TPSA) is 58.6 Å². The maximum atomic E-state index is 12.6. The molecule has 5 heteroatoms. The largest absolute Gasteiger partial charge is 0.444 e. The number of nitrogens with one attached hydrogen (secondary N) is 1. The van der Waals surface area contributed by atoms with Crippen molar-refractivity contribution in [1.29, 1.82) is 0 Å². The Labute approximate surface area is 153 Å². The molecule has 0 aromatic carbocycles. The molecule has 1 unspecified atom stereocenters. The summed E-state index contributed by atoms with van der Waals surface area (Å²) in [5, 5.41) is 3.03. The molecule has 1 aliphatic heterocycles. The molecule has 1 heterocycles.